The molecule has 1 aliphatic heterocycles. The number of nitrogens with zero attached hydrogens (tertiary/aromatic N) is 3. The number of rotatable bonds is 22. The molecule has 0 radical (unpaired) electrons. The summed E-state index contributed by atoms with van der Waals surface area (Å²) in [5.74, 6) is -1.02. The molecule has 0 saturated carbocycles. The number of amides is 4. The van der Waals surface area contributed by atoms with E-state index in [1.165, 1.54) is 0 Å². The van der Waals surface area contributed by atoms with E-state index >= 15 is 0 Å². The van der Waals surface area contributed by atoms with Crippen LogP contribution in [0, 0.1) is 0 Å². The maximum atomic E-state index is 13.5. The molecule has 0 fully saturated rings. The molecule has 15 heteroatoms. The van der Waals surface area contributed by atoms with Gasteiger partial charge in [-0.3, -0.25) is 24.0 Å². The lowest BCUT2D eigenvalue weighted by molar-refractivity contribution is -0.141. The molecular weight excluding hydrogens is 670 g/mol. The number of aromatic amines is 1. The van der Waals surface area contributed by atoms with Crippen molar-refractivity contribution in [3.8, 4) is 0 Å². The van der Waals surface area contributed by atoms with E-state index in [4.69, 9.17) is 9.47 Å². The number of carbonyl (C=O) groups excluding carboxylic acids is 4. The van der Waals surface area contributed by atoms with Crippen molar-refractivity contribution in [3.05, 3.63) is 59.4 Å². The number of hydrogen-bond donors (Lipinski definition) is 5. The Balaban J connectivity index is 1.18. The van der Waals surface area contributed by atoms with Crippen LogP contribution in [-0.2, 0) is 41.7 Å². The average Bonchev–Trinajstić information content (AvgIpc) is 3.49. The van der Waals surface area contributed by atoms with Crippen LogP contribution >= 0.6 is 0 Å². The van der Waals surface area contributed by atoms with Crippen molar-refractivity contribution in [2.45, 2.75) is 71.0 Å². The van der Waals surface area contributed by atoms with Crippen LogP contribution in [0.4, 0.5) is 5.69 Å². The zero-order valence-corrected chi connectivity index (χ0v) is 30.1. The molecule has 0 spiro atoms. The summed E-state index contributed by atoms with van der Waals surface area (Å²) in [5, 5.41) is 18.2. The first-order valence-corrected chi connectivity index (χ1v) is 17.9. The number of H-pyrrole nitrogens is 1. The maximum absolute atomic E-state index is 13.5. The molecule has 282 valence electrons. The Morgan fingerprint density at radius 2 is 1.71 bits per heavy atom. The van der Waals surface area contributed by atoms with E-state index in [9.17, 15) is 29.1 Å². The van der Waals surface area contributed by atoms with Gasteiger partial charge in [0.15, 0.2) is 0 Å². The third-order valence-corrected chi connectivity index (χ3v) is 8.62. The number of carboxylic acids is 1. The van der Waals surface area contributed by atoms with Crippen molar-refractivity contribution in [2.75, 3.05) is 58.4 Å². The van der Waals surface area contributed by atoms with Crippen LogP contribution in [-0.4, -0.2) is 114 Å². The van der Waals surface area contributed by atoms with Gasteiger partial charge in [0.05, 0.1) is 50.4 Å². The number of aromatic nitrogens is 2. The topological polar surface area (TPSA) is 195 Å². The second-order valence-corrected chi connectivity index (χ2v) is 12.7. The van der Waals surface area contributed by atoms with Crippen LogP contribution < -0.4 is 16.0 Å². The summed E-state index contributed by atoms with van der Waals surface area (Å²) >= 11 is 0. The normalized spacial score (nSPS) is 14.0. The van der Waals surface area contributed by atoms with Crippen molar-refractivity contribution < 1.29 is 38.6 Å². The Hall–Kier alpha value is -5.02. The van der Waals surface area contributed by atoms with Gasteiger partial charge in [0.2, 0.25) is 17.7 Å². The summed E-state index contributed by atoms with van der Waals surface area (Å²) < 4.78 is 10.8. The summed E-state index contributed by atoms with van der Waals surface area (Å²) in [6, 6.07) is 11.9. The number of anilines is 1. The summed E-state index contributed by atoms with van der Waals surface area (Å²) in [4.78, 5) is 72.8. The SMILES string of the molecule is CCC(=O)NCCOCCOCCC(=O)NCCCCCCN1Cc2cc(C(=O)N(C)Cc3nc4ccccc4[nH]3)ccc2N[C@@H](CC(=O)O)C1=O. The molecule has 3 aromatic rings. The third-order valence-electron chi connectivity index (χ3n) is 8.62. The molecule has 0 bridgehead atoms. The zero-order valence-electron chi connectivity index (χ0n) is 30.1. The van der Waals surface area contributed by atoms with Crippen molar-refractivity contribution in [1.82, 2.24) is 30.4 Å². The third kappa shape index (κ3) is 12.6. The van der Waals surface area contributed by atoms with Gasteiger partial charge in [-0.05, 0) is 48.7 Å². The van der Waals surface area contributed by atoms with Gasteiger partial charge in [-0.15, -0.1) is 0 Å². The molecule has 1 atom stereocenters. The molecule has 5 N–H and O–H groups in total. The molecule has 0 saturated heterocycles. The lowest BCUT2D eigenvalue weighted by Gasteiger charge is -2.24. The van der Waals surface area contributed by atoms with Gasteiger partial charge >= 0.3 is 5.97 Å². The van der Waals surface area contributed by atoms with Gasteiger partial charge in [-0.25, -0.2) is 4.98 Å². The van der Waals surface area contributed by atoms with E-state index in [-0.39, 0.29) is 49.6 Å². The fourth-order valence-corrected chi connectivity index (χ4v) is 5.82. The molecule has 4 amide bonds. The quantitative estimate of drug-likeness (QED) is 0.0963. The molecule has 0 aliphatic carbocycles. The number of para-hydroxylation sites is 2. The minimum Gasteiger partial charge on any atom is -0.481 e. The Labute approximate surface area is 303 Å². The highest BCUT2D eigenvalue weighted by Gasteiger charge is 2.31. The molecule has 2 heterocycles. The second-order valence-electron chi connectivity index (χ2n) is 12.7. The first-order valence-electron chi connectivity index (χ1n) is 17.9. The van der Waals surface area contributed by atoms with E-state index in [0.717, 1.165) is 35.9 Å². The first kappa shape index (κ1) is 39.8. The van der Waals surface area contributed by atoms with Crippen molar-refractivity contribution in [2.24, 2.45) is 0 Å². The van der Waals surface area contributed by atoms with Crippen LogP contribution in [0.5, 0.6) is 0 Å². The summed E-state index contributed by atoms with van der Waals surface area (Å²) in [7, 11) is 1.71. The first-order chi connectivity index (χ1) is 25.1. The highest BCUT2D eigenvalue weighted by Crippen LogP contribution is 2.27. The number of fused-ring (bicyclic) bond motifs is 2. The maximum Gasteiger partial charge on any atom is 0.305 e. The van der Waals surface area contributed by atoms with E-state index in [2.05, 4.69) is 25.9 Å². The molecule has 2 aromatic carbocycles. The number of ether oxygens (including phenoxy) is 2. The van der Waals surface area contributed by atoms with Gasteiger partial charge in [0.1, 0.15) is 11.9 Å². The minimum atomic E-state index is -1.08. The van der Waals surface area contributed by atoms with Crippen molar-refractivity contribution in [3.63, 3.8) is 0 Å². The predicted molar refractivity (Wildman–Crippen MR) is 194 cm³/mol. The molecule has 15 nitrogen and oxygen atoms in total. The van der Waals surface area contributed by atoms with Crippen LogP contribution in [0.2, 0.25) is 0 Å². The molecule has 1 aromatic heterocycles. The summed E-state index contributed by atoms with van der Waals surface area (Å²) in [5.41, 5.74) is 3.54. The number of aliphatic carboxylic acids is 1. The van der Waals surface area contributed by atoms with E-state index in [1.807, 2.05) is 24.3 Å². The zero-order chi connectivity index (χ0) is 37.3. The number of carboxylic acid groups (broad SMARTS) is 1. The van der Waals surface area contributed by atoms with E-state index in [1.54, 1.807) is 42.0 Å². The highest BCUT2D eigenvalue weighted by molar-refractivity contribution is 5.95. The Kier molecular flexibility index (Phi) is 15.9. The van der Waals surface area contributed by atoms with Gasteiger partial charge in [0, 0.05) is 57.3 Å². The largest absolute Gasteiger partial charge is 0.481 e. The lowest BCUT2D eigenvalue weighted by Crippen LogP contribution is -2.42. The van der Waals surface area contributed by atoms with E-state index < -0.39 is 12.0 Å². The van der Waals surface area contributed by atoms with Crippen molar-refractivity contribution >= 4 is 46.3 Å². The predicted octanol–water partition coefficient (Wildman–Crippen LogP) is 3.06. The fraction of sp³-hybridized carbons (Fsp3) is 0.514. The van der Waals surface area contributed by atoms with Crippen LogP contribution in [0.15, 0.2) is 42.5 Å². The van der Waals surface area contributed by atoms with Crippen molar-refractivity contribution in [1.29, 1.82) is 0 Å². The number of hydrogen-bond acceptors (Lipinski definition) is 9. The Bertz CT molecular complexity index is 1630. The Morgan fingerprint density at radius 1 is 0.962 bits per heavy atom. The number of nitrogens with one attached hydrogen (secondary N) is 4. The number of unbranched alkanes of at least 4 members (excludes halogenated alkanes) is 3. The van der Waals surface area contributed by atoms with Crippen LogP contribution in [0.25, 0.3) is 11.0 Å². The standard InChI is InChI=1S/C37H51N7O8/c1-3-33(45)39-16-19-52-21-20-51-18-14-34(46)38-15-8-4-5-9-17-44-24-27-22-26(12-13-28(27)40-31(37(44)50)23-35(47)48)36(49)43(2)25-32-41-29-10-6-7-11-30(29)42-32/h6-7,10-13,22,31,40H,3-5,8-9,14-21,23-25H2,1-2H3,(H,38,46)(H,39,45)(H,41,42)(H,47,48)/t31-/m0/s1. The smallest absolute Gasteiger partial charge is 0.305 e. The summed E-state index contributed by atoms with van der Waals surface area (Å²) in [6.07, 6.45) is 3.47. The van der Waals surface area contributed by atoms with Crippen LogP contribution in [0.3, 0.4) is 0 Å². The van der Waals surface area contributed by atoms with Gasteiger partial charge in [-0.2, -0.15) is 0 Å². The summed E-state index contributed by atoms with van der Waals surface area (Å²) in [6.45, 7) is 5.20. The molecular formula is C37H51N7O8. The van der Waals surface area contributed by atoms with E-state index in [0.29, 0.717) is 76.0 Å². The molecule has 52 heavy (non-hydrogen) atoms. The monoisotopic (exact) mass is 721 g/mol. The highest BCUT2D eigenvalue weighted by atomic mass is 16.5. The number of carbonyl (C=O) groups is 5. The Morgan fingerprint density at radius 3 is 2.48 bits per heavy atom. The molecule has 0 unspecified atom stereocenters. The van der Waals surface area contributed by atoms with Gasteiger partial charge in [-0.1, -0.05) is 31.9 Å². The van der Waals surface area contributed by atoms with Gasteiger partial charge < -0.3 is 45.3 Å². The minimum absolute atomic E-state index is 0.0156. The number of imidazole rings is 1. The number of benzene rings is 2. The van der Waals surface area contributed by atoms with Crippen LogP contribution in [0.1, 0.15) is 73.6 Å². The fourth-order valence-electron chi connectivity index (χ4n) is 5.82. The lowest BCUT2D eigenvalue weighted by atomic mass is 10.1. The second kappa shape index (κ2) is 20.7. The average molecular weight is 722 g/mol. The van der Waals surface area contributed by atoms with Gasteiger partial charge in [0.25, 0.3) is 5.91 Å². The molecule has 1 aliphatic rings. The molecule has 4 rings (SSSR count).